The first kappa shape index (κ1) is 19.0. The topological polar surface area (TPSA) is 44.8 Å². The zero-order valence-corrected chi connectivity index (χ0v) is 15.9. The Morgan fingerprint density at radius 1 is 1.04 bits per heavy atom. The maximum absolute atomic E-state index is 12.0. The minimum atomic E-state index is -0.435. The Morgan fingerprint density at radius 2 is 1.54 bits per heavy atom. The average molecular weight is 332 g/mol. The summed E-state index contributed by atoms with van der Waals surface area (Å²) in [6.07, 6.45) is 0.0998. The number of benzene rings is 1. The monoisotopic (exact) mass is 332 g/mol. The van der Waals surface area contributed by atoms with Gasteiger partial charge >= 0.3 is 7.12 Å². The summed E-state index contributed by atoms with van der Waals surface area (Å²) in [5.74, 6) is 1.15. The van der Waals surface area contributed by atoms with Crippen molar-refractivity contribution in [1.29, 1.82) is 0 Å². The molecule has 0 spiro atoms. The van der Waals surface area contributed by atoms with Crippen LogP contribution in [0.15, 0.2) is 24.3 Å². The second-order valence-electron chi connectivity index (χ2n) is 7.98. The largest absolute Gasteiger partial charge is 0.494 e. The molecule has 2 rings (SSSR count). The van der Waals surface area contributed by atoms with E-state index in [9.17, 15) is 4.79 Å². The summed E-state index contributed by atoms with van der Waals surface area (Å²) in [5.41, 5.74) is 0.233. The average Bonchev–Trinajstić information content (AvgIpc) is 2.67. The van der Waals surface area contributed by atoms with Crippen LogP contribution in [0.4, 0.5) is 0 Å². The third-order valence-corrected chi connectivity index (χ3v) is 4.78. The van der Waals surface area contributed by atoms with Crippen LogP contribution in [0, 0.1) is 5.92 Å². The third kappa shape index (κ3) is 4.20. The SMILES string of the molecule is CC(C)CC(=O)C(C)Oc1ccc(B2OC(C)(C)C(C)(C)O2)cc1. The number of hydrogen-bond acceptors (Lipinski definition) is 4. The van der Waals surface area contributed by atoms with Gasteiger partial charge in [0.15, 0.2) is 11.9 Å². The van der Waals surface area contributed by atoms with Crippen LogP contribution in [-0.4, -0.2) is 30.2 Å². The van der Waals surface area contributed by atoms with Crippen molar-refractivity contribution >= 4 is 18.4 Å². The van der Waals surface area contributed by atoms with Gasteiger partial charge in [0.1, 0.15) is 5.75 Å². The standard InChI is InChI=1S/C19H29BO4/c1-13(2)12-17(21)14(3)22-16-10-8-15(9-11-16)20-23-18(4,5)19(6,7)24-20/h8-11,13-14H,12H2,1-7H3. The molecule has 1 atom stereocenters. The molecule has 1 saturated heterocycles. The van der Waals surface area contributed by atoms with Crippen LogP contribution in [0.2, 0.25) is 0 Å². The Labute approximate surface area is 146 Å². The van der Waals surface area contributed by atoms with Crippen LogP contribution < -0.4 is 10.2 Å². The molecule has 0 radical (unpaired) electrons. The molecule has 0 bridgehead atoms. The van der Waals surface area contributed by atoms with Crippen LogP contribution in [0.3, 0.4) is 0 Å². The maximum atomic E-state index is 12.0. The van der Waals surface area contributed by atoms with E-state index in [1.54, 1.807) is 6.92 Å². The lowest BCUT2D eigenvalue weighted by atomic mass is 9.79. The van der Waals surface area contributed by atoms with E-state index in [2.05, 4.69) is 0 Å². The lowest BCUT2D eigenvalue weighted by Gasteiger charge is -2.32. The van der Waals surface area contributed by atoms with E-state index in [0.29, 0.717) is 18.1 Å². The normalized spacial score (nSPS) is 20.2. The molecule has 0 saturated carbocycles. The van der Waals surface area contributed by atoms with E-state index in [-0.39, 0.29) is 24.1 Å². The Bertz CT molecular complexity index is 562. The van der Waals surface area contributed by atoms with Crippen LogP contribution in [0.5, 0.6) is 5.75 Å². The predicted octanol–water partition coefficient (Wildman–Crippen LogP) is 3.37. The van der Waals surface area contributed by atoms with Crippen LogP contribution in [-0.2, 0) is 14.1 Å². The maximum Gasteiger partial charge on any atom is 0.494 e. The molecule has 0 aromatic heterocycles. The van der Waals surface area contributed by atoms with E-state index < -0.39 is 6.10 Å². The van der Waals surface area contributed by atoms with Crippen LogP contribution in [0.25, 0.3) is 0 Å². The van der Waals surface area contributed by atoms with E-state index >= 15 is 0 Å². The summed E-state index contributed by atoms with van der Waals surface area (Å²) in [4.78, 5) is 12.0. The van der Waals surface area contributed by atoms with Gasteiger partial charge in [-0.15, -0.1) is 0 Å². The fourth-order valence-electron chi connectivity index (χ4n) is 2.52. The lowest BCUT2D eigenvalue weighted by Crippen LogP contribution is -2.41. The second-order valence-corrected chi connectivity index (χ2v) is 7.98. The highest BCUT2D eigenvalue weighted by Gasteiger charge is 2.51. The first-order valence-electron chi connectivity index (χ1n) is 8.67. The molecule has 0 amide bonds. The lowest BCUT2D eigenvalue weighted by molar-refractivity contribution is -0.125. The van der Waals surface area contributed by atoms with Crippen LogP contribution in [0.1, 0.15) is 54.9 Å². The minimum Gasteiger partial charge on any atom is -0.483 e. The molecular formula is C19H29BO4. The van der Waals surface area contributed by atoms with Crippen molar-refractivity contribution in [2.75, 3.05) is 0 Å². The van der Waals surface area contributed by atoms with Gasteiger partial charge in [0.25, 0.3) is 0 Å². The Balaban J connectivity index is 2.00. The molecule has 1 fully saturated rings. The molecular weight excluding hydrogens is 303 g/mol. The van der Waals surface area contributed by atoms with Gasteiger partial charge < -0.3 is 14.0 Å². The molecule has 0 aliphatic carbocycles. The zero-order chi connectivity index (χ0) is 18.1. The van der Waals surface area contributed by atoms with Gasteiger partial charge in [-0.3, -0.25) is 4.79 Å². The molecule has 1 aliphatic rings. The quantitative estimate of drug-likeness (QED) is 0.749. The van der Waals surface area contributed by atoms with E-state index in [4.69, 9.17) is 14.0 Å². The van der Waals surface area contributed by atoms with Crippen LogP contribution >= 0.6 is 0 Å². The molecule has 132 valence electrons. The number of hydrogen-bond donors (Lipinski definition) is 0. The molecule has 1 aliphatic heterocycles. The predicted molar refractivity (Wildman–Crippen MR) is 96.7 cm³/mol. The highest BCUT2D eigenvalue weighted by atomic mass is 16.7. The number of Topliss-reactive ketones (excluding diaryl/α,β-unsaturated/α-hetero) is 1. The van der Waals surface area contributed by atoms with Gasteiger partial charge in [-0.2, -0.15) is 0 Å². The molecule has 0 N–H and O–H groups in total. The molecule has 1 unspecified atom stereocenters. The molecule has 24 heavy (non-hydrogen) atoms. The smallest absolute Gasteiger partial charge is 0.483 e. The number of ketones is 1. The Kier molecular flexibility index (Phi) is 5.45. The summed E-state index contributed by atoms with van der Waals surface area (Å²) >= 11 is 0. The summed E-state index contributed by atoms with van der Waals surface area (Å²) in [6.45, 7) is 14.0. The van der Waals surface area contributed by atoms with Gasteiger partial charge in [0, 0.05) is 6.42 Å². The van der Waals surface area contributed by atoms with Crippen molar-refractivity contribution in [2.24, 2.45) is 5.92 Å². The summed E-state index contributed by atoms with van der Waals surface area (Å²) in [5, 5.41) is 0. The van der Waals surface area contributed by atoms with E-state index in [1.807, 2.05) is 65.8 Å². The van der Waals surface area contributed by atoms with Gasteiger partial charge in [0.05, 0.1) is 11.2 Å². The summed E-state index contributed by atoms with van der Waals surface area (Å²) < 4.78 is 17.8. The number of rotatable bonds is 6. The van der Waals surface area contributed by atoms with E-state index in [0.717, 1.165) is 5.46 Å². The second kappa shape index (κ2) is 6.89. The van der Waals surface area contributed by atoms with E-state index in [1.165, 1.54) is 0 Å². The molecule has 1 aromatic carbocycles. The molecule has 1 aromatic rings. The van der Waals surface area contributed by atoms with Crippen molar-refractivity contribution in [2.45, 2.75) is 72.2 Å². The Morgan fingerprint density at radius 3 is 2.00 bits per heavy atom. The van der Waals surface area contributed by atoms with Crippen molar-refractivity contribution in [3.05, 3.63) is 24.3 Å². The van der Waals surface area contributed by atoms with Crippen molar-refractivity contribution in [1.82, 2.24) is 0 Å². The zero-order valence-electron chi connectivity index (χ0n) is 15.9. The van der Waals surface area contributed by atoms with Gasteiger partial charge in [-0.05, 0) is 58.1 Å². The Hall–Kier alpha value is -1.33. The van der Waals surface area contributed by atoms with Crippen molar-refractivity contribution in [3.8, 4) is 5.75 Å². The fourth-order valence-corrected chi connectivity index (χ4v) is 2.52. The number of ether oxygens (including phenoxy) is 1. The highest BCUT2D eigenvalue weighted by Crippen LogP contribution is 2.36. The molecule has 1 heterocycles. The van der Waals surface area contributed by atoms with Gasteiger partial charge in [-0.25, -0.2) is 0 Å². The number of carbonyl (C=O) groups is 1. The van der Waals surface area contributed by atoms with Gasteiger partial charge in [0.2, 0.25) is 0 Å². The first-order valence-corrected chi connectivity index (χ1v) is 8.67. The highest BCUT2D eigenvalue weighted by molar-refractivity contribution is 6.62. The minimum absolute atomic E-state index is 0.125. The summed E-state index contributed by atoms with van der Waals surface area (Å²) in [6, 6.07) is 7.58. The molecule has 5 heteroatoms. The fraction of sp³-hybridized carbons (Fsp3) is 0.632. The van der Waals surface area contributed by atoms with Crippen molar-refractivity contribution in [3.63, 3.8) is 0 Å². The molecule has 4 nitrogen and oxygen atoms in total. The first-order chi connectivity index (χ1) is 11.0. The third-order valence-electron chi connectivity index (χ3n) is 4.78. The van der Waals surface area contributed by atoms with Crippen molar-refractivity contribution < 1.29 is 18.8 Å². The van der Waals surface area contributed by atoms with Gasteiger partial charge in [-0.1, -0.05) is 26.0 Å². The summed E-state index contributed by atoms with van der Waals surface area (Å²) in [7, 11) is -0.385. The number of carbonyl (C=O) groups excluding carboxylic acids is 1.